The number of benzene rings is 1. The van der Waals surface area contributed by atoms with Crippen LogP contribution in [0.4, 0.5) is 0 Å². The molecule has 0 aliphatic carbocycles. The van der Waals surface area contributed by atoms with Crippen LogP contribution in [-0.2, 0) is 16.0 Å². The summed E-state index contributed by atoms with van der Waals surface area (Å²) in [5.74, 6) is -0.506. The standard InChI is InChI=1S/C12H12BrClO3/c1-2-17-12(16)11-8(6-9(15)7-13)4-3-5-10(11)14/h3-5H,2,6-7H2,1H3. The number of ketones is 1. The Morgan fingerprint density at radius 3 is 2.71 bits per heavy atom. The molecule has 1 aromatic rings. The van der Waals surface area contributed by atoms with Crippen LogP contribution in [0.15, 0.2) is 18.2 Å². The summed E-state index contributed by atoms with van der Waals surface area (Å²) in [5, 5.41) is 0.560. The van der Waals surface area contributed by atoms with Crippen molar-refractivity contribution in [2.45, 2.75) is 13.3 Å². The molecule has 0 aliphatic heterocycles. The van der Waals surface area contributed by atoms with E-state index in [1.54, 1.807) is 25.1 Å². The molecule has 0 radical (unpaired) electrons. The smallest absolute Gasteiger partial charge is 0.339 e. The van der Waals surface area contributed by atoms with Gasteiger partial charge in [0.2, 0.25) is 0 Å². The molecule has 3 nitrogen and oxygen atoms in total. The van der Waals surface area contributed by atoms with Gasteiger partial charge in [-0.1, -0.05) is 39.7 Å². The number of ether oxygens (including phenoxy) is 1. The minimum atomic E-state index is -0.490. The van der Waals surface area contributed by atoms with Gasteiger partial charge in [-0.3, -0.25) is 4.79 Å². The van der Waals surface area contributed by atoms with E-state index in [0.29, 0.717) is 10.6 Å². The molecule has 0 spiro atoms. The van der Waals surface area contributed by atoms with Crippen molar-refractivity contribution in [3.8, 4) is 0 Å². The quantitative estimate of drug-likeness (QED) is 0.619. The molecule has 0 fully saturated rings. The zero-order valence-corrected chi connectivity index (χ0v) is 11.7. The molecule has 0 heterocycles. The van der Waals surface area contributed by atoms with E-state index in [2.05, 4.69) is 15.9 Å². The van der Waals surface area contributed by atoms with Gasteiger partial charge in [0.05, 0.1) is 22.5 Å². The Hall–Kier alpha value is -0.870. The summed E-state index contributed by atoms with van der Waals surface area (Å²) >= 11 is 9.05. The maximum absolute atomic E-state index is 11.7. The van der Waals surface area contributed by atoms with Crippen LogP contribution < -0.4 is 0 Å². The van der Waals surface area contributed by atoms with Crippen molar-refractivity contribution < 1.29 is 14.3 Å². The summed E-state index contributed by atoms with van der Waals surface area (Å²) in [6, 6.07) is 5.02. The summed E-state index contributed by atoms with van der Waals surface area (Å²) in [6.07, 6.45) is 0.167. The first-order chi connectivity index (χ1) is 8.10. The van der Waals surface area contributed by atoms with E-state index < -0.39 is 5.97 Å². The number of carbonyl (C=O) groups is 2. The van der Waals surface area contributed by atoms with Crippen molar-refractivity contribution in [2.75, 3.05) is 11.9 Å². The molecule has 17 heavy (non-hydrogen) atoms. The Kier molecular flexibility index (Phi) is 5.65. The summed E-state index contributed by atoms with van der Waals surface area (Å²) < 4.78 is 4.92. The van der Waals surface area contributed by atoms with Crippen LogP contribution in [0.25, 0.3) is 0 Å². The van der Waals surface area contributed by atoms with Crippen LogP contribution in [0.1, 0.15) is 22.8 Å². The van der Waals surface area contributed by atoms with Gasteiger partial charge in [-0.25, -0.2) is 4.79 Å². The number of carbonyl (C=O) groups excluding carboxylic acids is 2. The second-order valence-corrected chi connectivity index (χ2v) is 4.31. The van der Waals surface area contributed by atoms with E-state index in [1.165, 1.54) is 0 Å². The van der Waals surface area contributed by atoms with Crippen LogP contribution >= 0.6 is 27.5 Å². The van der Waals surface area contributed by atoms with E-state index in [-0.39, 0.29) is 29.7 Å². The fourth-order valence-electron chi connectivity index (χ4n) is 1.41. The molecule has 0 bridgehead atoms. The molecule has 0 N–H and O–H groups in total. The zero-order chi connectivity index (χ0) is 12.8. The third-order valence-electron chi connectivity index (χ3n) is 2.12. The van der Waals surface area contributed by atoms with E-state index in [9.17, 15) is 9.59 Å². The molecule has 5 heteroatoms. The minimum absolute atomic E-state index is 0.0159. The molecule has 0 atom stereocenters. The predicted molar refractivity (Wildman–Crippen MR) is 69.9 cm³/mol. The Labute approximate surface area is 113 Å². The van der Waals surface area contributed by atoms with Crippen molar-refractivity contribution in [2.24, 2.45) is 0 Å². The highest BCUT2D eigenvalue weighted by Gasteiger charge is 2.17. The fraction of sp³-hybridized carbons (Fsp3) is 0.333. The van der Waals surface area contributed by atoms with Crippen LogP contribution in [0.2, 0.25) is 5.02 Å². The van der Waals surface area contributed by atoms with E-state index in [1.807, 2.05) is 0 Å². The topological polar surface area (TPSA) is 43.4 Å². The highest BCUT2D eigenvalue weighted by atomic mass is 79.9. The first kappa shape index (κ1) is 14.2. The van der Waals surface area contributed by atoms with Crippen molar-refractivity contribution in [1.29, 1.82) is 0 Å². The number of rotatable bonds is 5. The number of hydrogen-bond donors (Lipinski definition) is 0. The lowest BCUT2D eigenvalue weighted by atomic mass is 10.0. The van der Waals surface area contributed by atoms with E-state index in [4.69, 9.17) is 16.3 Å². The molecular formula is C12H12BrClO3. The minimum Gasteiger partial charge on any atom is -0.462 e. The van der Waals surface area contributed by atoms with Crippen molar-refractivity contribution in [3.63, 3.8) is 0 Å². The number of alkyl halides is 1. The van der Waals surface area contributed by atoms with Gasteiger partial charge in [0.25, 0.3) is 0 Å². The Morgan fingerprint density at radius 1 is 1.41 bits per heavy atom. The first-order valence-electron chi connectivity index (χ1n) is 5.12. The Balaban J connectivity index is 3.08. The number of hydrogen-bond acceptors (Lipinski definition) is 3. The monoisotopic (exact) mass is 318 g/mol. The third kappa shape index (κ3) is 3.82. The van der Waals surface area contributed by atoms with Crippen molar-refractivity contribution in [1.82, 2.24) is 0 Å². The molecule has 0 unspecified atom stereocenters. The van der Waals surface area contributed by atoms with Gasteiger partial charge in [0, 0.05) is 6.42 Å². The van der Waals surface area contributed by atoms with Gasteiger partial charge in [0.1, 0.15) is 5.78 Å². The molecule has 0 saturated heterocycles. The average molecular weight is 320 g/mol. The molecule has 0 saturated carbocycles. The second-order valence-electron chi connectivity index (χ2n) is 3.34. The van der Waals surface area contributed by atoms with E-state index >= 15 is 0 Å². The largest absolute Gasteiger partial charge is 0.462 e. The van der Waals surface area contributed by atoms with Gasteiger partial charge in [-0.15, -0.1) is 0 Å². The van der Waals surface area contributed by atoms with Gasteiger partial charge in [-0.05, 0) is 18.6 Å². The molecule has 0 aliphatic rings. The van der Waals surface area contributed by atoms with Crippen molar-refractivity contribution in [3.05, 3.63) is 34.3 Å². The lowest BCUT2D eigenvalue weighted by Crippen LogP contribution is -2.12. The summed E-state index contributed by atoms with van der Waals surface area (Å²) in [6.45, 7) is 1.99. The molecule has 0 aromatic heterocycles. The predicted octanol–water partition coefficient (Wildman–Crippen LogP) is 3.02. The highest BCUT2D eigenvalue weighted by Crippen LogP contribution is 2.22. The number of Topliss-reactive ketones (excluding diaryl/α,β-unsaturated/α-hetero) is 1. The van der Waals surface area contributed by atoms with Crippen LogP contribution in [-0.4, -0.2) is 23.7 Å². The van der Waals surface area contributed by atoms with E-state index in [0.717, 1.165) is 0 Å². The first-order valence-corrected chi connectivity index (χ1v) is 6.62. The molecular weight excluding hydrogens is 307 g/mol. The van der Waals surface area contributed by atoms with Gasteiger partial charge in [0.15, 0.2) is 0 Å². The van der Waals surface area contributed by atoms with Gasteiger partial charge >= 0.3 is 5.97 Å². The molecule has 0 amide bonds. The Bertz CT molecular complexity index is 432. The normalized spacial score (nSPS) is 10.1. The highest BCUT2D eigenvalue weighted by molar-refractivity contribution is 9.09. The fourth-order valence-corrected chi connectivity index (χ4v) is 1.88. The average Bonchev–Trinajstić information content (AvgIpc) is 2.29. The SMILES string of the molecule is CCOC(=O)c1c(Cl)cccc1CC(=O)CBr. The van der Waals surface area contributed by atoms with Crippen LogP contribution in [0.5, 0.6) is 0 Å². The third-order valence-corrected chi connectivity index (χ3v) is 3.06. The molecule has 92 valence electrons. The van der Waals surface area contributed by atoms with Gasteiger partial charge < -0.3 is 4.74 Å². The summed E-state index contributed by atoms with van der Waals surface area (Å²) in [5.41, 5.74) is 0.880. The lowest BCUT2D eigenvalue weighted by Gasteiger charge is -2.09. The zero-order valence-electron chi connectivity index (χ0n) is 9.33. The van der Waals surface area contributed by atoms with Gasteiger partial charge in [-0.2, -0.15) is 0 Å². The van der Waals surface area contributed by atoms with Crippen molar-refractivity contribution >= 4 is 39.3 Å². The molecule has 1 aromatic carbocycles. The van der Waals surface area contributed by atoms with Crippen LogP contribution in [0, 0.1) is 0 Å². The molecule has 1 rings (SSSR count). The Morgan fingerprint density at radius 2 is 2.12 bits per heavy atom. The lowest BCUT2D eigenvalue weighted by molar-refractivity contribution is -0.115. The maximum Gasteiger partial charge on any atom is 0.339 e. The summed E-state index contributed by atoms with van der Waals surface area (Å²) in [4.78, 5) is 23.1. The maximum atomic E-state index is 11.7. The summed E-state index contributed by atoms with van der Waals surface area (Å²) in [7, 11) is 0. The second kappa shape index (κ2) is 6.77. The number of esters is 1. The number of halogens is 2. The van der Waals surface area contributed by atoms with Crippen LogP contribution in [0.3, 0.4) is 0 Å².